The number of nitrogens with one attached hydrogen (secondary N) is 2. The molecule has 6 nitrogen and oxygen atoms in total. The van der Waals surface area contributed by atoms with E-state index >= 15 is 0 Å². The van der Waals surface area contributed by atoms with Crippen molar-refractivity contribution in [3.8, 4) is 0 Å². The molecule has 1 aliphatic rings. The van der Waals surface area contributed by atoms with Crippen molar-refractivity contribution in [3.05, 3.63) is 17.8 Å². The fourth-order valence-electron chi connectivity index (χ4n) is 2.91. The quantitative estimate of drug-likeness (QED) is 0.575. The van der Waals surface area contributed by atoms with Crippen LogP contribution in [0.3, 0.4) is 0 Å². The third kappa shape index (κ3) is 3.45. The highest BCUT2D eigenvalue weighted by molar-refractivity contribution is 5.92. The van der Waals surface area contributed by atoms with Crippen LogP contribution in [0.1, 0.15) is 50.0 Å². The van der Waals surface area contributed by atoms with Crippen molar-refractivity contribution < 1.29 is 4.79 Å². The fourth-order valence-corrected chi connectivity index (χ4v) is 2.91. The normalized spacial score (nSPS) is 22.6. The smallest absolute Gasteiger partial charge is 0.272 e. The summed E-state index contributed by atoms with van der Waals surface area (Å²) >= 11 is 0. The number of hydrogen-bond donors (Lipinski definition) is 3. The van der Waals surface area contributed by atoms with E-state index in [0.717, 1.165) is 6.42 Å². The topological polar surface area (TPSA) is 92.9 Å². The maximum absolute atomic E-state index is 12.2. The molecule has 0 aliphatic heterocycles. The lowest BCUT2D eigenvalue weighted by atomic mass is 9.78. The summed E-state index contributed by atoms with van der Waals surface area (Å²) in [5, 5.41) is 10.8. The molecule has 0 bridgehead atoms. The summed E-state index contributed by atoms with van der Waals surface area (Å²) in [5.74, 6) is 6.64. The molecular weight excluding hydrogens is 254 g/mol. The first-order chi connectivity index (χ1) is 9.61. The molecule has 0 spiro atoms. The van der Waals surface area contributed by atoms with Crippen LogP contribution in [-0.2, 0) is 0 Å². The monoisotopic (exact) mass is 277 g/mol. The first-order valence-corrected chi connectivity index (χ1v) is 7.23. The van der Waals surface area contributed by atoms with Gasteiger partial charge in [0.05, 0.1) is 0 Å². The van der Waals surface area contributed by atoms with Gasteiger partial charge in [0.1, 0.15) is 0 Å². The Bertz CT molecular complexity index is 445. The van der Waals surface area contributed by atoms with Crippen LogP contribution in [0, 0.1) is 11.8 Å². The summed E-state index contributed by atoms with van der Waals surface area (Å²) < 4.78 is 0. The molecule has 20 heavy (non-hydrogen) atoms. The van der Waals surface area contributed by atoms with Gasteiger partial charge in [-0.25, -0.2) is 5.84 Å². The summed E-state index contributed by atoms with van der Waals surface area (Å²) in [6.07, 6.45) is 4.66. The predicted molar refractivity (Wildman–Crippen MR) is 77.9 cm³/mol. The number of carbonyl (C=O) groups excluding carboxylic acids is 1. The molecule has 2 atom stereocenters. The average Bonchev–Trinajstić information content (AvgIpc) is 2.47. The molecule has 1 fully saturated rings. The molecule has 6 heteroatoms. The second-order valence-corrected chi connectivity index (χ2v) is 5.72. The number of nitrogens with zero attached hydrogens (tertiary/aromatic N) is 2. The van der Waals surface area contributed by atoms with Gasteiger partial charge < -0.3 is 10.7 Å². The number of hydrazine groups is 1. The molecule has 1 amide bonds. The highest BCUT2D eigenvalue weighted by Gasteiger charge is 2.29. The Morgan fingerprint density at radius 1 is 1.30 bits per heavy atom. The largest absolute Gasteiger partial charge is 0.348 e. The van der Waals surface area contributed by atoms with Crippen molar-refractivity contribution in [2.45, 2.75) is 45.6 Å². The lowest BCUT2D eigenvalue weighted by Crippen LogP contribution is -2.44. The molecule has 0 aromatic carbocycles. The Balaban J connectivity index is 2.01. The number of anilines is 1. The first kappa shape index (κ1) is 14.7. The summed E-state index contributed by atoms with van der Waals surface area (Å²) in [5.41, 5.74) is 2.72. The van der Waals surface area contributed by atoms with Gasteiger partial charge in [-0.05, 0) is 36.8 Å². The number of nitrogen functional groups attached to an aromatic ring is 1. The molecular formula is C14H23N5O. The van der Waals surface area contributed by atoms with Crippen LogP contribution in [0.5, 0.6) is 0 Å². The van der Waals surface area contributed by atoms with E-state index in [2.05, 4.69) is 34.8 Å². The van der Waals surface area contributed by atoms with Crippen LogP contribution in [0.4, 0.5) is 5.82 Å². The van der Waals surface area contributed by atoms with E-state index in [1.54, 1.807) is 12.1 Å². The van der Waals surface area contributed by atoms with Crippen LogP contribution in [0.25, 0.3) is 0 Å². The number of aromatic nitrogens is 2. The average molecular weight is 277 g/mol. The van der Waals surface area contributed by atoms with Crippen LogP contribution in [-0.4, -0.2) is 22.1 Å². The maximum Gasteiger partial charge on any atom is 0.272 e. The van der Waals surface area contributed by atoms with E-state index in [9.17, 15) is 4.79 Å². The molecule has 0 radical (unpaired) electrons. The van der Waals surface area contributed by atoms with Crippen LogP contribution in [0.15, 0.2) is 12.1 Å². The van der Waals surface area contributed by atoms with Gasteiger partial charge in [0.2, 0.25) is 0 Å². The third-order valence-electron chi connectivity index (χ3n) is 4.04. The molecule has 1 aliphatic carbocycles. The van der Waals surface area contributed by atoms with E-state index in [-0.39, 0.29) is 11.9 Å². The van der Waals surface area contributed by atoms with Crippen molar-refractivity contribution in [2.24, 2.45) is 17.7 Å². The van der Waals surface area contributed by atoms with Gasteiger partial charge in [-0.15, -0.1) is 10.2 Å². The highest BCUT2D eigenvalue weighted by Crippen LogP contribution is 2.30. The minimum atomic E-state index is -0.154. The van der Waals surface area contributed by atoms with E-state index in [1.165, 1.54) is 19.3 Å². The second-order valence-electron chi connectivity index (χ2n) is 5.72. The molecule has 1 saturated carbocycles. The van der Waals surface area contributed by atoms with Gasteiger partial charge in [0.15, 0.2) is 11.5 Å². The van der Waals surface area contributed by atoms with Crippen molar-refractivity contribution in [2.75, 3.05) is 5.43 Å². The van der Waals surface area contributed by atoms with Gasteiger partial charge in [-0.1, -0.05) is 26.7 Å². The minimum absolute atomic E-state index is 0.154. The predicted octanol–water partition coefficient (Wildman–Crippen LogP) is 1.71. The number of amides is 1. The van der Waals surface area contributed by atoms with Crippen LogP contribution in [0.2, 0.25) is 0 Å². The zero-order chi connectivity index (χ0) is 14.5. The first-order valence-electron chi connectivity index (χ1n) is 7.23. The zero-order valence-corrected chi connectivity index (χ0v) is 12.1. The Hall–Kier alpha value is -1.69. The molecule has 110 valence electrons. The number of rotatable bonds is 4. The molecule has 1 aromatic heterocycles. The Kier molecular flexibility index (Phi) is 4.89. The number of nitrogens with two attached hydrogens (primary N) is 1. The van der Waals surface area contributed by atoms with Crippen molar-refractivity contribution in [1.29, 1.82) is 0 Å². The van der Waals surface area contributed by atoms with Crippen LogP contribution >= 0.6 is 0 Å². The van der Waals surface area contributed by atoms with Gasteiger partial charge >= 0.3 is 0 Å². The Morgan fingerprint density at radius 3 is 2.65 bits per heavy atom. The molecule has 2 unspecified atom stereocenters. The fraction of sp³-hybridized carbons (Fsp3) is 0.643. The zero-order valence-electron chi connectivity index (χ0n) is 12.1. The van der Waals surface area contributed by atoms with E-state index in [0.29, 0.717) is 23.3 Å². The van der Waals surface area contributed by atoms with E-state index in [1.807, 2.05) is 0 Å². The SMILES string of the molecule is CC(C)C1CCCCC1NC(=O)c1ccc(NN)nn1. The summed E-state index contributed by atoms with van der Waals surface area (Å²) in [6, 6.07) is 3.51. The van der Waals surface area contributed by atoms with Gasteiger partial charge in [0.25, 0.3) is 5.91 Å². The summed E-state index contributed by atoms with van der Waals surface area (Å²) in [4.78, 5) is 12.2. The lowest BCUT2D eigenvalue weighted by molar-refractivity contribution is 0.0883. The summed E-state index contributed by atoms with van der Waals surface area (Å²) in [7, 11) is 0. The van der Waals surface area contributed by atoms with Crippen molar-refractivity contribution >= 4 is 11.7 Å². The summed E-state index contributed by atoms with van der Waals surface area (Å²) in [6.45, 7) is 4.44. The lowest BCUT2D eigenvalue weighted by Gasteiger charge is -2.34. The Morgan fingerprint density at radius 2 is 2.05 bits per heavy atom. The standard InChI is InChI=1S/C14H23N5O/c1-9(2)10-5-3-4-6-11(10)16-14(20)12-7-8-13(17-15)19-18-12/h7-11H,3-6,15H2,1-2H3,(H,16,20)(H,17,19). The highest BCUT2D eigenvalue weighted by atomic mass is 16.2. The van der Waals surface area contributed by atoms with Crippen molar-refractivity contribution in [1.82, 2.24) is 15.5 Å². The van der Waals surface area contributed by atoms with Gasteiger partial charge in [-0.3, -0.25) is 4.79 Å². The molecule has 4 N–H and O–H groups in total. The minimum Gasteiger partial charge on any atom is -0.348 e. The maximum atomic E-state index is 12.2. The molecule has 2 rings (SSSR count). The van der Waals surface area contributed by atoms with E-state index < -0.39 is 0 Å². The molecule has 1 aromatic rings. The Labute approximate surface area is 119 Å². The molecule has 0 saturated heterocycles. The van der Waals surface area contributed by atoms with E-state index in [4.69, 9.17) is 5.84 Å². The van der Waals surface area contributed by atoms with Crippen LogP contribution < -0.4 is 16.6 Å². The molecule has 1 heterocycles. The van der Waals surface area contributed by atoms with Crippen molar-refractivity contribution in [3.63, 3.8) is 0 Å². The third-order valence-corrected chi connectivity index (χ3v) is 4.04. The number of hydrogen-bond acceptors (Lipinski definition) is 5. The number of carbonyl (C=O) groups is 1. The second kappa shape index (κ2) is 6.65. The van der Waals surface area contributed by atoms with Gasteiger partial charge in [-0.2, -0.15) is 0 Å². The van der Waals surface area contributed by atoms with Gasteiger partial charge in [0, 0.05) is 6.04 Å².